The van der Waals surface area contributed by atoms with Crippen LogP contribution in [0.5, 0.6) is 5.75 Å². The predicted molar refractivity (Wildman–Crippen MR) is 98.5 cm³/mol. The van der Waals surface area contributed by atoms with Crippen molar-refractivity contribution in [2.75, 3.05) is 0 Å². The van der Waals surface area contributed by atoms with Crippen molar-refractivity contribution < 1.29 is 22.7 Å². The summed E-state index contributed by atoms with van der Waals surface area (Å²) in [7, 11) is 0. The highest BCUT2D eigenvalue weighted by Gasteiger charge is 2.32. The minimum atomic E-state index is -4.42. The molecule has 1 amide bonds. The number of halogens is 3. The summed E-state index contributed by atoms with van der Waals surface area (Å²) in [5.41, 5.74) is 0.121. The maximum Gasteiger partial charge on any atom is 0.416 e. The standard InChI is InChI=1S/C18H12F3NO2S2/c19-18(20,21)14-4-2-1-3-12(14)10-24-13-7-5-11(6-8-13)9-15-16(23)22-17(25)26-15/h1-9H,10H2,(H,22,23,25)/b15-9-. The van der Waals surface area contributed by atoms with E-state index in [2.05, 4.69) is 5.32 Å². The Morgan fingerprint density at radius 1 is 1.12 bits per heavy atom. The zero-order chi connectivity index (χ0) is 18.7. The van der Waals surface area contributed by atoms with Crippen LogP contribution in [-0.4, -0.2) is 10.2 Å². The molecule has 1 heterocycles. The number of benzene rings is 2. The van der Waals surface area contributed by atoms with E-state index < -0.39 is 11.7 Å². The number of alkyl halides is 3. The van der Waals surface area contributed by atoms with Gasteiger partial charge in [0.25, 0.3) is 5.91 Å². The molecule has 0 spiro atoms. The third-order valence-corrected chi connectivity index (χ3v) is 4.70. The molecular formula is C18H12F3NO2S2. The van der Waals surface area contributed by atoms with Crippen LogP contribution in [0.1, 0.15) is 16.7 Å². The fraction of sp³-hybridized carbons (Fsp3) is 0.111. The molecule has 1 saturated heterocycles. The average Bonchev–Trinajstić information content (AvgIpc) is 2.91. The van der Waals surface area contributed by atoms with Gasteiger partial charge in [-0.15, -0.1) is 0 Å². The van der Waals surface area contributed by atoms with Crippen LogP contribution in [0.2, 0.25) is 0 Å². The lowest BCUT2D eigenvalue weighted by Gasteiger charge is -2.13. The van der Waals surface area contributed by atoms with Crippen molar-refractivity contribution in [2.24, 2.45) is 0 Å². The van der Waals surface area contributed by atoms with Gasteiger partial charge in [0, 0.05) is 5.56 Å². The third kappa shape index (κ3) is 4.44. The van der Waals surface area contributed by atoms with Gasteiger partial charge in [0.2, 0.25) is 0 Å². The molecule has 8 heteroatoms. The molecule has 0 atom stereocenters. The Kier molecular flexibility index (Phi) is 5.33. The Hall–Kier alpha value is -2.32. The maximum absolute atomic E-state index is 13.0. The number of carbonyl (C=O) groups is 1. The second kappa shape index (κ2) is 7.51. The molecule has 1 aliphatic rings. The Bertz CT molecular complexity index is 877. The summed E-state index contributed by atoms with van der Waals surface area (Å²) in [5.74, 6) is 0.187. The van der Waals surface area contributed by atoms with Crippen LogP contribution in [0.25, 0.3) is 6.08 Å². The second-order valence-electron chi connectivity index (χ2n) is 5.36. The summed E-state index contributed by atoms with van der Waals surface area (Å²) in [6.45, 7) is -0.192. The van der Waals surface area contributed by atoms with Crippen LogP contribution >= 0.6 is 24.0 Å². The molecule has 26 heavy (non-hydrogen) atoms. The monoisotopic (exact) mass is 395 g/mol. The molecule has 0 aromatic heterocycles. The minimum absolute atomic E-state index is 0.0683. The van der Waals surface area contributed by atoms with Gasteiger partial charge in [0.15, 0.2) is 0 Å². The Morgan fingerprint density at radius 3 is 2.42 bits per heavy atom. The van der Waals surface area contributed by atoms with Gasteiger partial charge in [-0.2, -0.15) is 13.2 Å². The van der Waals surface area contributed by atoms with Crippen LogP contribution in [0, 0.1) is 0 Å². The Morgan fingerprint density at radius 2 is 1.81 bits per heavy atom. The van der Waals surface area contributed by atoms with E-state index in [1.54, 1.807) is 30.3 Å². The SMILES string of the molecule is O=C1NC(=S)S/C1=C\c1ccc(OCc2ccccc2C(F)(F)F)cc1. The van der Waals surface area contributed by atoms with E-state index in [1.165, 1.54) is 30.0 Å². The zero-order valence-electron chi connectivity index (χ0n) is 13.2. The fourth-order valence-electron chi connectivity index (χ4n) is 2.32. The molecule has 134 valence electrons. The van der Waals surface area contributed by atoms with Gasteiger partial charge < -0.3 is 10.1 Å². The van der Waals surface area contributed by atoms with E-state index in [9.17, 15) is 18.0 Å². The van der Waals surface area contributed by atoms with E-state index in [0.717, 1.165) is 11.6 Å². The molecule has 1 N–H and O–H groups in total. The number of amides is 1. The van der Waals surface area contributed by atoms with Crippen LogP contribution in [0.15, 0.2) is 53.4 Å². The fourth-order valence-corrected chi connectivity index (χ4v) is 3.36. The molecule has 2 aromatic rings. The number of carbonyl (C=O) groups excluding carboxylic acids is 1. The summed E-state index contributed by atoms with van der Waals surface area (Å²) in [6, 6.07) is 12.0. The number of nitrogens with one attached hydrogen (secondary N) is 1. The average molecular weight is 395 g/mol. The zero-order valence-corrected chi connectivity index (χ0v) is 14.8. The highest BCUT2D eigenvalue weighted by Crippen LogP contribution is 2.32. The van der Waals surface area contributed by atoms with Gasteiger partial charge in [-0.3, -0.25) is 4.79 Å². The molecule has 1 fully saturated rings. The number of ether oxygens (including phenoxy) is 1. The first kappa shape index (κ1) is 18.5. The summed E-state index contributed by atoms with van der Waals surface area (Å²) in [5, 5.41) is 2.52. The molecular weight excluding hydrogens is 383 g/mol. The molecule has 2 aromatic carbocycles. The van der Waals surface area contributed by atoms with Gasteiger partial charge in [0.05, 0.1) is 10.5 Å². The summed E-state index contributed by atoms with van der Waals surface area (Å²) in [4.78, 5) is 12.1. The van der Waals surface area contributed by atoms with E-state index in [-0.39, 0.29) is 18.1 Å². The first-order valence-corrected chi connectivity index (χ1v) is 8.68. The smallest absolute Gasteiger partial charge is 0.416 e. The van der Waals surface area contributed by atoms with Crippen LogP contribution in [0.4, 0.5) is 13.2 Å². The lowest BCUT2D eigenvalue weighted by Crippen LogP contribution is -2.17. The summed E-state index contributed by atoms with van der Waals surface area (Å²) < 4.78 is 44.8. The highest BCUT2D eigenvalue weighted by molar-refractivity contribution is 8.26. The van der Waals surface area contributed by atoms with Crippen molar-refractivity contribution in [3.05, 3.63) is 70.1 Å². The van der Waals surface area contributed by atoms with Crippen molar-refractivity contribution in [3.8, 4) is 5.75 Å². The molecule has 0 bridgehead atoms. The molecule has 0 unspecified atom stereocenters. The van der Waals surface area contributed by atoms with Crippen molar-refractivity contribution >= 4 is 40.3 Å². The number of thioether (sulfide) groups is 1. The van der Waals surface area contributed by atoms with Crippen molar-refractivity contribution in [1.29, 1.82) is 0 Å². The lowest BCUT2D eigenvalue weighted by molar-refractivity contribution is -0.138. The number of rotatable bonds is 4. The number of hydrogen-bond donors (Lipinski definition) is 1. The molecule has 0 aliphatic carbocycles. The van der Waals surface area contributed by atoms with Gasteiger partial charge in [0.1, 0.15) is 16.7 Å². The Labute approximate surface area is 157 Å². The molecule has 3 nitrogen and oxygen atoms in total. The third-order valence-electron chi connectivity index (χ3n) is 3.54. The first-order valence-electron chi connectivity index (χ1n) is 7.46. The maximum atomic E-state index is 13.0. The molecule has 0 radical (unpaired) electrons. The van der Waals surface area contributed by atoms with E-state index in [4.69, 9.17) is 17.0 Å². The summed E-state index contributed by atoms with van der Waals surface area (Å²) >= 11 is 6.10. The molecule has 1 aliphatic heterocycles. The van der Waals surface area contributed by atoms with Gasteiger partial charge in [-0.05, 0) is 29.8 Å². The quantitative estimate of drug-likeness (QED) is 0.598. The van der Waals surface area contributed by atoms with E-state index >= 15 is 0 Å². The topological polar surface area (TPSA) is 38.3 Å². The lowest BCUT2D eigenvalue weighted by atomic mass is 10.1. The highest BCUT2D eigenvalue weighted by atomic mass is 32.2. The largest absolute Gasteiger partial charge is 0.489 e. The van der Waals surface area contributed by atoms with Gasteiger partial charge in [-0.25, -0.2) is 0 Å². The van der Waals surface area contributed by atoms with Crippen molar-refractivity contribution in [1.82, 2.24) is 5.32 Å². The van der Waals surface area contributed by atoms with E-state index in [1.807, 2.05) is 0 Å². The van der Waals surface area contributed by atoms with Gasteiger partial charge >= 0.3 is 6.18 Å². The number of thiocarbonyl (C=S) groups is 1. The molecule has 3 rings (SSSR count). The first-order chi connectivity index (χ1) is 12.3. The van der Waals surface area contributed by atoms with Crippen LogP contribution in [0.3, 0.4) is 0 Å². The molecule has 0 saturated carbocycles. The van der Waals surface area contributed by atoms with Gasteiger partial charge in [-0.1, -0.05) is 54.3 Å². The number of hydrogen-bond acceptors (Lipinski definition) is 4. The van der Waals surface area contributed by atoms with Crippen molar-refractivity contribution in [2.45, 2.75) is 12.8 Å². The minimum Gasteiger partial charge on any atom is -0.489 e. The van der Waals surface area contributed by atoms with Crippen LogP contribution < -0.4 is 10.1 Å². The van der Waals surface area contributed by atoms with Crippen LogP contribution in [-0.2, 0) is 17.6 Å². The normalized spacial score (nSPS) is 16.0. The van der Waals surface area contributed by atoms with E-state index in [0.29, 0.717) is 15.0 Å². The Balaban J connectivity index is 1.69. The predicted octanol–water partition coefficient (Wildman–Crippen LogP) is 4.77. The van der Waals surface area contributed by atoms with Crippen molar-refractivity contribution in [3.63, 3.8) is 0 Å². The second-order valence-corrected chi connectivity index (χ2v) is 7.08. The summed E-state index contributed by atoms with van der Waals surface area (Å²) in [6.07, 6.45) is -2.74.